The normalized spacial score (nSPS) is 24.6. The Morgan fingerprint density at radius 2 is 1.91 bits per heavy atom. The summed E-state index contributed by atoms with van der Waals surface area (Å²) < 4.78 is 28.7. The summed E-state index contributed by atoms with van der Waals surface area (Å²) in [6.07, 6.45) is 3.27. The van der Waals surface area contributed by atoms with E-state index in [2.05, 4.69) is 15.3 Å². The van der Waals surface area contributed by atoms with E-state index in [1.54, 1.807) is 18.7 Å². The van der Waals surface area contributed by atoms with Crippen LogP contribution in [0, 0.1) is 11.6 Å². The fourth-order valence-electron chi connectivity index (χ4n) is 4.52. The number of amidine groups is 1. The van der Waals surface area contributed by atoms with Crippen molar-refractivity contribution in [1.82, 2.24) is 9.88 Å². The highest BCUT2D eigenvalue weighted by molar-refractivity contribution is 8.15. The average Bonchev–Trinajstić information content (AvgIpc) is 3.29. The maximum atomic E-state index is 15.1. The molecule has 4 rings (SSSR count). The van der Waals surface area contributed by atoms with Crippen LogP contribution in [0.4, 0.5) is 14.5 Å². The van der Waals surface area contributed by atoms with Crippen LogP contribution >= 0.6 is 23.4 Å². The van der Waals surface area contributed by atoms with Gasteiger partial charge in [-0.15, -0.1) is 0 Å². The summed E-state index contributed by atoms with van der Waals surface area (Å²) in [5, 5.41) is 3.00. The number of anilines is 1. The van der Waals surface area contributed by atoms with Crippen LogP contribution in [-0.4, -0.2) is 44.7 Å². The molecule has 7 nitrogen and oxygen atoms in total. The molecule has 0 bridgehead atoms. The van der Waals surface area contributed by atoms with Crippen LogP contribution in [0.1, 0.15) is 49.2 Å². The Morgan fingerprint density at radius 3 is 2.56 bits per heavy atom. The van der Waals surface area contributed by atoms with Gasteiger partial charge in [-0.3, -0.25) is 14.6 Å². The van der Waals surface area contributed by atoms with Gasteiger partial charge in [-0.05, 0) is 44.9 Å². The SMILES string of the molecule is C[C@]1(C(=O)N2CCCC2)C[C@@](C)(c2cc(NC(=O)c3ccc(Cl)cn3)cc(F)c2F)N=C(N)S1. The third-order valence-corrected chi connectivity index (χ3v) is 7.33. The van der Waals surface area contributed by atoms with Crippen LogP contribution < -0.4 is 11.1 Å². The molecule has 1 saturated heterocycles. The molecule has 180 valence electrons. The minimum absolute atomic E-state index is 0.0245. The molecule has 1 fully saturated rings. The molecular weight excluding hydrogens is 484 g/mol. The highest BCUT2D eigenvalue weighted by Crippen LogP contribution is 2.47. The number of amides is 2. The quantitative estimate of drug-likeness (QED) is 0.642. The molecule has 2 aromatic rings. The summed E-state index contributed by atoms with van der Waals surface area (Å²) in [7, 11) is 0. The van der Waals surface area contributed by atoms with Crippen molar-refractivity contribution in [1.29, 1.82) is 0 Å². The molecule has 2 aliphatic rings. The number of rotatable bonds is 4. The van der Waals surface area contributed by atoms with Crippen LogP contribution in [0.5, 0.6) is 0 Å². The van der Waals surface area contributed by atoms with Crippen molar-refractivity contribution in [2.24, 2.45) is 10.7 Å². The monoisotopic (exact) mass is 507 g/mol. The van der Waals surface area contributed by atoms with Crippen molar-refractivity contribution in [2.75, 3.05) is 18.4 Å². The van der Waals surface area contributed by atoms with Gasteiger partial charge in [0.05, 0.1) is 10.6 Å². The molecule has 3 N–H and O–H groups in total. The first-order chi connectivity index (χ1) is 16.0. The van der Waals surface area contributed by atoms with E-state index in [4.69, 9.17) is 17.3 Å². The number of aliphatic imine (C=N–C) groups is 1. The molecular formula is C23H24ClF2N5O2S. The topological polar surface area (TPSA) is 101 Å². The minimum atomic E-state index is -1.33. The number of carbonyl (C=O) groups is 2. The van der Waals surface area contributed by atoms with Gasteiger partial charge in [0.1, 0.15) is 10.4 Å². The maximum absolute atomic E-state index is 15.1. The minimum Gasteiger partial charge on any atom is -0.378 e. The number of hydrogen-bond donors (Lipinski definition) is 2. The Labute approximate surface area is 205 Å². The molecule has 1 aromatic carbocycles. The second-order valence-corrected chi connectivity index (χ2v) is 10.8. The molecule has 2 atom stereocenters. The van der Waals surface area contributed by atoms with Crippen molar-refractivity contribution < 1.29 is 18.4 Å². The number of nitrogens with zero attached hydrogens (tertiary/aromatic N) is 3. The lowest BCUT2D eigenvalue weighted by Gasteiger charge is -2.41. The van der Waals surface area contributed by atoms with Crippen molar-refractivity contribution >= 4 is 46.0 Å². The van der Waals surface area contributed by atoms with Gasteiger partial charge in [-0.25, -0.2) is 13.8 Å². The second-order valence-electron chi connectivity index (χ2n) is 8.87. The average molecular weight is 508 g/mol. The predicted molar refractivity (Wildman–Crippen MR) is 129 cm³/mol. The number of likely N-dealkylation sites (tertiary alicyclic amines) is 1. The van der Waals surface area contributed by atoms with E-state index in [0.29, 0.717) is 18.1 Å². The molecule has 0 unspecified atom stereocenters. The lowest BCUT2D eigenvalue weighted by Crippen LogP contribution is -2.51. The number of pyridine rings is 1. The van der Waals surface area contributed by atoms with Gasteiger partial charge in [0.25, 0.3) is 5.91 Å². The summed E-state index contributed by atoms with van der Waals surface area (Å²) >= 11 is 6.93. The van der Waals surface area contributed by atoms with Gasteiger partial charge in [-0.2, -0.15) is 0 Å². The van der Waals surface area contributed by atoms with Crippen LogP contribution in [0.25, 0.3) is 0 Å². The van der Waals surface area contributed by atoms with Crippen LogP contribution in [0.2, 0.25) is 5.02 Å². The number of aromatic nitrogens is 1. The largest absolute Gasteiger partial charge is 0.378 e. The number of halogens is 3. The zero-order valence-corrected chi connectivity index (χ0v) is 20.3. The molecule has 2 amide bonds. The molecule has 0 radical (unpaired) electrons. The zero-order chi connectivity index (χ0) is 24.7. The molecule has 1 aromatic heterocycles. The smallest absolute Gasteiger partial charge is 0.274 e. The van der Waals surface area contributed by atoms with Gasteiger partial charge in [0, 0.05) is 43.0 Å². The number of hydrogen-bond acceptors (Lipinski definition) is 6. The molecule has 2 aliphatic heterocycles. The summed E-state index contributed by atoms with van der Waals surface area (Å²) in [6, 6.07) is 5.12. The zero-order valence-electron chi connectivity index (χ0n) is 18.7. The number of benzene rings is 1. The van der Waals surface area contributed by atoms with E-state index in [1.807, 2.05) is 0 Å². The van der Waals surface area contributed by atoms with E-state index in [9.17, 15) is 14.0 Å². The lowest BCUT2D eigenvalue weighted by atomic mass is 9.82. The van der Waals surface area contributed by atoms with E-state index in [1.165, 1.54) is 24.4 Å². The van der Waals surface area contributed by atoms with Crippen molar-refractivity contribution in [3.8, 4) is 0 Å². The van der Waals surface area contributed by atoms with Crippen LogP contribution in [0.3, 0.4) is 0 Å². The molecule has 11 heteroatoms. The molecule has 0 aliphatic carbocycles. The Kier molecular flexibility index (Phi) is 6.56. The molecule has 3 heterocycles. The van der Waals surface area contributed by atoms with Gasteiger partial charge in [-0.1, -0.05) is 23.4 Å². The standard InChI is InChI=1S/C23H24ClF2N5O2S/c1-22(12-23(2,34-21(27)30-22)20(33)31-7-3-4-8-31)15-9-14(10-16(25)18(15)26)29-19(32)17-6-5-13(24)11-28-17/h5-6,9-11H,3-4,7-8,12H2,1-2H3,(H2,27,30)(H,29,32)/t22-,23+/m0/s1. The summed E-state index contributed by atoms with van der Waals surface area (Å²) in [4.78, 5) is 36.0. The summed E-state index contributed by atoms with van der Waals surface area (Å²) in [5.74, 6) is -2.98. The Morgan fingerprint density at radius 1 is 1.21 bits per heavy atom. The molecule has 34 heavy (non-hydrogen) atoms. The highest BCUT2D eigenvalue weighted by Gasteiger charge is 2.49. The third-order valence-electron chi connectivity index (χ3n) is 6.04. The first-order valence-corrected chi connectivity index (χ1v) is 12.0. The lowest BCUT2D eigenvalue weighted by molar-refractivity contribution is -0.132. The first kappa shape index (κ1) is 24.4. The molecule has 0 spiro atoms. The van der Waals surface area contributed by atoms with Crippen molar-refractivity contribution in [3.63, 3.8) is 0 Å². The third kappa shape index (κ3) is 4.74. The van der Waals surface area contributed by atoms with Gasteiger partial charge in [0.2, 0.25) is 5.91 Å². The van der Waals surface area contributed by atoms with Crippen LogP contribution in [0.15, 0.2) is 35.5 Å². The number of nitrogens with two attached hydrogens (primary N) is 1. The fraction of sp³-hybridized carbons (Fsp3) is 0.391. The van der Waals surface area contributed by atoms with E-state index >= 15 is 4.39 Å². The van der Waals surface area contributed by atoms with Gasteiger partial charge < -0.3 is 16.0 Å². The Balaban J connectivity index is 1.67. The maximum Gasteiger partial charge on any atom is 0.274 e. The van der Waals surface area contributed by atoms with E-state index in [-0.39, 0.29) is 34.4 Å². The second kappa shape index (κ2) is 9.14. The van der Waals surface area contributed by atoms with Crippen LogP contribution in [-0.2, 0) is 10.3 Å². The highest BCUT2D eigenvalue weighted by atomic mass is 35.5. The number of nitrogens with one attached hydrogen (secondary N) is 1. The number of carbonyl (C=O) groups excluding carboxylic acids is 2. The van der Waals surface area contributed by atoms with Crippen molar-refractivity contribution in [2.45, 2.75) is 43.4 Å². The summed E-state index contributed by atoms with van der Waals surface area (Å²) in [6.45, 7) is 4.68. The molecule has 0 saturated carbocycles. The Hall–Kier alpha value is -2.72. The van der Waals surface area contributed by atoms with E-state index < -0.39 is 27.8 Å². The number of thioether (sulfide) groups is 1. The Bertz CT molecular complexity index is 1170. The van der Waals surface area contributed by atoms with Gasteiger partial charge >= 0.3 is 0 Å². The predicted octanol–water partition coefficient (Wildman–Crippen LogP) is 4.31. The summed E-state index contributed by atoms with van der Waals surface area (Å²) in [5.41, 5.74) is 4.74. The van der Waals surface area contributed by atoms with Crippen molar-refractivity contribution in [3.05, 3.63) is 58.4 Å². The first-order valence-electron chi connectivity index (χ1n) is 10.8. The van der Waals surface area contributed by atoms with Gasteiger partial charge in [0.15, 0.2) is 16.8 Å². The fourth-order valence-corrected chi connectivity index (χ4v) is 5.91. The van der Waals surface area contributed by atoms with E-state index in [0.717, 1.165) is 30.7 Å².